The van der Waals surface area contributed by atoms with E-state index in [0.29, 0.717) is 13.1 Å². The molecule has 0 fully saturated rings. The van der Waals surface area contributed by atoms with Crippen molar-refractivity contribution in [2.75, 3.05) is 65.6 Å². The van der Waals surface area contributed by atoms with Crippen molar-refractivity contribution in [2.24, 2.45) is 0 Å². The van der Waals surface area contributed by atoms with E-state index in [9.17, 15) is 0 Å². The largest absolute Gasteiger partial charge is 0.395 e. The highest BCUT2D eigenvalue weighted by atomic mass is 16.3. The Morgan fingerprint density at radius 1 is 0.400 bits per heavy atom. The molecule has 0 spiro atoms. The summed E-state index contributed by atoms with van der Waals surface area (Å²) in [4.78, 5) is 0. The lowest BCUT2D eigenvalue weighted by Gasteiger charge is -2.07. The quantitative estimate of drug-likeness (QED) is 0.190. The highest BCUT2D eigenvalue weighted by Gasteiger charge is 1.91. The maximum absolute atomic E-state index is 8.58. The van der Waals surface area contributed by atoms with E-state index in [1.165, 1.54) is 12.8 Å². The molecule has 0 bridgehead atoms. The summed E-state index contributed by atoms with van der Waals surface area (Å²) < 4.78 is 0. The van der Waals surface area contributed by atoms with Gasteiger partial charge in [-0.3, -0.25) is 0 Å². The molecular weight excluding hydrogens is 256 g/mol. The number of aliphatic hydroxyl groups is 2. The average Bonchev–Trinajstić information content (AvgIpc) is 2.47. The third kappa shape index (κ3) is 17.8. The summed E-state index contributed by atoms with van der Waals surface area (Å²) in [5.74, 6) is 0. The van der Waals surface area contributed by atoms with Gasteiger partial charge in [-0.15, -0.1) is 0 Å². The Morgan fingerprint density at radius 2 is 0.700 bits per heavy atom. The van der Waals surface area contributed by atoms with Gasteiger partial charge in [-0.1, -0.05) is 0 Å². The molecule has 0 saturated heterocycles. The molecule has 122 valence electrons. The second-order valence-corrected chi connectivity index (χ2v) is 4.86. The standard InChI is InChI=1S/C14H34N4O2/c19-13-11-17-9-3-7-15-5-1-2-6-16-8-4-10-18-12-14-20/h15-20H,1-14H2. The van der Waals surface area contributed by atoms with Crippen LogP contribution in [0.4, 0.5) is 0 Å². The van der Waals surface area contributed by atoms with Crippen LogP contribution in [0.1, 0.15) is 25.7 Å². The molecule has 0 saturated carbocycles. The third-order valence-corrected chi connectivity index (χ3v) is 2.95. The molecule has 6 heteroatoms. The molecule has 6 nitrogen and oxygen atoms in total. The van der Waals surface area contributed by atoms with E-state index in [2.05, 4.69) is 21.3 Å². The van der Waals surface area contributed by atoms with Crippen LogP contribution < -0.4 is 21.3 Å². The minimum absolute atomic E-state index is 0.220. The molecule has 0 radical (unpaired) electrons. The van der Waals surface area contributed by atoms with Crippen molar-refractivity contribution in [2.45, 2.75) is 25.7 Å². The first kappa shape index (κ1) is 19.8. The second kappa shape index (κ2) is 18.8. The molecule has 0 aliphatic rings. The molecule has 20 heavy (non-hydrogen) atoms. The smallest absolute Gasteiger partial charge is 0.0555 e. The van der Waals surface area contributed by atoms with Gasteiger partial charge in [0.15, 0.2) is 0 Å². The predicted molar refractivity (Wildman–Crippen MR) is 84.1 cm³/mol. The Balaban J connectivity index is 2.89. The van der Waals surface area contributed by atoms with E-state index in [-0.39, 0.29) is 13.2 Å². The first-order valence-electron chi connectivity index (χ1n) is 7.96. The van der Waals surface area contributed by atoms with Gasteiger partial charge in [0.2, 0.25) is 0 Å². The molecule has 0 aliphatic carbocycles. The van der Waals surface area contributed by atoms with E-state index >= 15 is 0 Å². The predicted octanol–water partition coefficient (Wildman–Crippen LogP) is -1.11. The highest BCUT2D eigenvalue weighted by Crippen LogP contribution is 1.85. The molecule has 0 amide bonds. The van der Waals surface area contributed by atoms with Crippen molar-refractivity contribution in [3.05, 3.63) is 0 Å². The zero-order chi connectivity index (χ0) is 14.7. The van der Waals surface area contributed by atoms with Gasteiger partial charge in [-0.25, -0.2) is 0 Å². The fourth-order valence-corrected chi connectivity index (χ4v) is 1.83. The summed E-state index contributed by atoms with van der Waals surface area (Å²) >= 11 is 0. The van der Waals surface area contributed by atoms with Crippen LogP contribution in [0.5, 0.6) is 0 Å². The van der Waals surface area contributed by atoms with E-state index in [1.54, 1.807) is 0 Å². The summed E-state index contributed by atoms with van der Waals surface area (Å²) in [7, 11) is 0. The SMILES string of the molecule is OCCNCCCNCCCCNCCCNCCO. The summed E-state index contributed by atoms with van der Waals surface area (Å²) in [5.41, 5.74) is 0. The minimum Gasteiger partial charge on any atom is -0.395 e. The fraction of sp³-hybridized carbons (Fsp3) is 1.00. The average molecular weight is 290 g/mol. The molecule has 0 rings (SSSR count). The van der Waals surface area contributed by atoms with Crippen LogP contribution in [-0.4, -0.2) is 75.8 Å². The Labute approximate surface area is 123 Å². The summed E-state index contributed by atoms with van der Waals surface area (Å²) in [5, 5.41) is 30.3. The van der Waals surface area contributed by atoms with Crippen LogP contribution in [0.2, 0.25) is 0 Å². The molecule has 0 heterocycles. The van der Waals surface area contributed by atoms with Crippen LogP contribution in [0, 0.1) is 0 Å². The van der Waals surface area contributed by atoms with Gasteiger partial charge < -0.3 is 31.5 Å². The van der Waals surface area contributed by atoms with E-state index in [4.69, 9.17) is 10.2 Å². The lowest BCUT2D eigenvalue weighted by Crippen LogP contribution is -2.26. The number of nitrogens with one attached hydrogen (secondary N) is 4. The molecule has 0 aromatic carbocycles. The molecule has 0 aromatic rings. The van der Waals surface area contributed by atoms with Crippen molar-refractivity contribution in [1.82, 2.24) is 21.3 Å². The molecule has 0 unspecified atom stereocenters. The Bertz CT molecular complexity index is 155. The van der Waals surface area contributed by atoms with Gasteiger partial charge in [0.25, 0.3) is 0 Å². The topological polar surface area (TPSA) is 88.6 Å². The summed E-state index contributed by atoms with van der Waals surface area (Å²) in [6.07, 6.45) is 4.64. The lowest BCUT2D eigenvalue weighted by molar-refractivity contribution is 0.292. The van der Waals surface area contributed by atoms with Crippen molar-refractivity contribution in [3.8, 4) is 0 Å². The molecule has 0 atom stereocenters. The Kier molecular flexibility index (Phi) is 18.5. The second-order valence-electron chi connectivity index (χ2n) is 4.86. The Morgan fingerprint density at radius 3 is 1.05 bits per heavy atom. The van der Waals surface area contributed by atoms with E-state index in [0.717, 1.165) is 52.1 Å². The zero-order valence-electron chi connectivity index (χ0n) is 12.8. The van der Waals surface area contributed by atoms with Gasteiger partial charge in [0.05, 0.1) is 13.2 Å². The van der Waals surface area contributed by atoms with E-state index < -0.39 is 0 Å². The van der Waals surface area contributed by atoms with E-state index in [1.807, 2.05) is 0 Å². The van der Waals surface area contributed by atoms with Gasteiger partial charge in [-0.2, -0.15) is 0 Å². The van der Waals surface area contributed by atoms with Crippen molar-refractivity contribution < 1.29 is 10.2 Å². The Hall–Kier alpha value is -0.240. The van der Waals surface area contributed by atoms with Crippen LogP contribution in [-0.2, 0) is 0 Å². The number of hydrogen-bond acceptors (Lipinski definition) is 6. The molecule has 0 aromatic heterocycles. The number of rotatable bonds is 17. The minimum atomic E-state index is 0.220. The first-order chi connectivity index (χ1) is 9.91. The number of hydrogen-bond donors (Lipinski definition) is 6. The first-order valence-corrected chi connectivity index (χ1v) is 7.96. The van der Waals surface area contributed by atoms with Crippen LogP contribution in [0.15, 0.2) is 0 Å². The van der Waals surface area contributed by atoms with Crippen LogP contribution >= 0.6 is 0 Å². The highest BCUT2D eigenvalue weighted by molar-refractivity contribution is 4.55. The zero-order valence-corrected chi connectivity index (χ0v) is 12.8. The maximum atomic E-state index is 8.58. The van der Waals surface area contributed by atoms with Gasteiger partial charge in [-0.05, 0) is 65.0 Å². The lowest BCUT2D eigenvalue weighted by atomic mass is 10.3. The molecule has 6 N–H and O–H groups in total. The van der Waals surface area contributed by atoms with Crippen molar-refractivity contribution >= 4 is 0 Å². The fourth-order valence-electron chi connectivity index (χ4n) is 1.83. The summed E-state index contributed by atoms with van der Waals surface area (Å²) in [6.45, 7) is 8.03. The normalized spacial score (nSPS) is 11.1. The maximum Gasteiger partial charge on any atom is 0.0555 e. The number of aliphatic hydroxyl groups excluding tert-OH is 2. The van der Waals surface area contributed by atoms with Crippen molar-refractivity contribution in [1.29, 1.82) is 0 Å². The molecule has 0 aliphatic heterocycles. The van der Waals surface area contributed by atoms with Gasteiger partial charge in [0, 0.05) is 13.1 Å². The van der Waals surface area contributed by atoms with Crippen LogP contribution in [0.25, 0.3) is 0 Å². The number of unbranched alkanes of at least 4 members (excludes halogenated alkanes) is 1. The van der Waals surface area contributed by atoms with Gasteiger partial charge in [0.1, 0.15) is 0 Å². The molecular formula is C14H34N4O2. The third-order valence-electron chi connectivity index (χ3n) is 2.95. The summed E-state index contributed by atoms with van der Waals surface area (Å²) in [6, 6.07) is 0. The van der Waals surface area contributed by atoms with Crippen LogP contribution in [0.3, 0.4) is 0 Å². The monoisotopic (exact) mass is 290 g/mol. The van der Waals surface area contributed by atoms with Gasteiger partial charge >= 0.3 is 0 Å². The van der Waals surface area contributed by atoms with Crippen molar-refractivity contribution in [3.63, 3.8) is 0 Å².